The van der Waals surface area contributed by atoms with Crippen LogP contribution in [0.1, 0.15) is 45.0 Å². The van der Waals surface area contributed by atoms with Gasteiger partial charge in [-0.3, -0.25) is 4.68 Å². The average Bonchev–Trinajstić information content (AvgIpc) is 3.23. The quantitative estimate of drug-likeness (QED) is 0.803. The fraction of sp³-hybridized carbons (Fsp3) is 0.800. The fourth-order valence-electron chi connectivity index (χ4n) is 2.71. The SMILES string of the molecule is CCOC(C(O)Cc1c(Cl)c(CC)nn1CC)C1CC1. The van der Waals surface area contributed by atoms with Crippen molar-refractivity contribution in [3.8, 4) is 0 Å². The highest BCUT2D eigenvalue weighted by atomic mass is 35.5. The molecule has 1 N–H and O–H groups in total. The molecule has 114 valence electrons. The number of aliphatic hydroxyl groups excluding tert-OH is 1. The molecule has 2 rings (SSSR count). The Morgan fingerprint density at radius 2 is 2.10 bits per heavy atom. The van der Waals surface area contributed by atoms with Gasteiger partial charge in [-0.15, -0.1) is 0 Å². The van der Waals surface area contributed by atoms with E-state index in [-0.39, 0.29) is 6.10 Å². The van der Waals surface area contributed by atoms with Crippen LogP contribution in [-0.4, -0.2) is 33.7 Å². The predicted octanol–water partition coefficient (Wildman–Crippen LogP) is 2.84. The van der Waals surface area contributed by atoms with E-state index in [1.807, 2.05) is 25.5 Å². The van der Waals surface area contributed by atoms with Crippen molar-refractivity contribution in [1.29, 1.82) is 0 Å². The maximum atomic E-state index is 10.5. The lowest BCUT2D eigenvalue weighted by Crippen LogP contribution is -2.33. The van der Waals surface area contributed by atoms with E-state index in [4.69, 9.17) is 16.3 Å². The second-order valence-corrected chi connectivity index (χ2v) is 5.78. The first-order valence-corrected chi connectivity index (χ1v) is 8.03. The lowest BCUT2D eigenvalue weighted by Gasteiger charge is -2.23. The van der Waals surface area contributed by atoms with E-state index in [1.54, 1.807) is 0 Å². The van der Waals surface area contributed by atoms with Gasteiger partial charge >= 0.3 is 0 Å². The van der Waals surface area contributed by atoms with Gasteiger partial charge in [-0.2, -0.15) is 5.10 Å². The number of halogens is 1. The van der Waals surface area contributed by atoms with E-state index < -0.39 is 6.10 Å². The molecule has 0 aliphatic heterocycles. The third-order valence-corrected chi connectivity index (χ3v) is 4.36. The van der Waals surface area contributed by atoms with Crippen LogP contribution in [-0.2, 0) is 24.1 Å². The van der Waals surface area contributed by atoms with Crippen LogP contribution in [0.4, 0.5) is 0 Å². The molecule has 1 aliphatic rings. The van der Waals surface area contributed by atoms with Crippen molar-refractivity contribution in [3.05, 3.63) is 16.4 Å². The summed E-state index contributed by atoms with van der Waals surface area (Å²) in [5.41, 5.74) is 1.85. The largest absolute Gasteiger partial charge is 0.390 e. The summed E-state index contributed by atoms with van der Waals surface area (Å²) < 4.78 is 7.63. The van der Waals surface area contributed by atoms with E-state index in [0.717, 1.165) is 37.2 Å². The predicted molar refractivity (Wildman–Crippen MR) is 80.1 cm³/mol. The summed E-state index contributed by atoms with van der Waals surface area (Å²) in [6.07, 6.45) is 3.06. The molecule has 1 fully saturated rings. The van der Waals surface area contributed by atoms with Crippen molar-refractivity contribution in [3.63, 3.8) is 0 Å². The number of rotatable bonds is 8. The lowest BCUT2D eigenvalue weighted by atomic mass is 10.0. The molecule has 20 heavy (non-hydrogen) atoms. The van der Waals surface area contributed by atoms with E-state index in [0.29, 0.717) is 24.0 Å². The monoisotopic (exact) mass is 300 g/mol. The Balaban J connectivity index is 2.13. The molecule has 1 aromatic heterocycles. The average molecular weight is 301 g/mol. The fourth-order valence-corrected chi connectivity index (χ4v) is 3.05. The summed E-state index contributed by atoms with van der Waals surface area (Å²) in [6.45, 7) is 7.46. The topological polar surface area (TPSA) is 47.3 Å². The first-order valence-electron chi connectivity index (χ1n) is 7.65. The van der Waals surface area contributed by atoms with Crippen LogP contribution in [0.2, 0.25) is 5.02 Å². The first kappa shape index (κ1) is 15.8. The smallest absolute Gasteiger partial charge is 0.0865 e. The Bertz CT molecular complexity index is 443. The normalized spacial score (nSPS) is 18.2. The standard InChI is InChI=1S/C15H25ClN2O2/c1-4-11-14(16)12(18(5-2)17-11)9-13(19)15(20-6-3)10-7-8-10/h10,13,15,19H,4-9H2,1-3H3. The second-order valence-electron chi connectivity index (χ2n) is 5.41. The lowest BCUT2D eigenvalue weighted by molar-refractivity contribution is -0.0446. The minimum atomic E-state index is -0.508. The molecule has 1 heterocycles. The Morgan fingerprint density at radius 1 is 1.40 bits per heavy atom. The molecule has 1 saturated carbocycles. The molecule has 2 atom stereocenters. The number of aryl methyl sites for hydroxylation is 2. The summed E-state index contributed by atoms with van der Waals surface area (Å²) in [4.78, 5) is 0. The van der Waals surface area contributed by atoms with Gasteiger partial charge in [0.2, 0.25) is 0 Å². The van der Waals surface area contributed by atoms with Crippen LogP contribution in [0.15, 0.2) is 0 Å². The van der Waals surface area contributed by atoms with E-state index in [2.05, 4.69) is 5.10 Å². The molecule has 0 aromatic carbocycles. The van der Waals surface area contributed by atoms with Crippen molar-refractivity contribution in [1.82, 2.24) is 9.78 Å². The number of hydrogen-bond acceptors (Lipinski definition) is 3. The molecule has 0 bridgehead atoms. The molecule has 4 nitrogen and oxygen atoms in total. The molecular formula is C15H25ClN2O2. The molecule has 5 heteroatoms. The Morgan fingerprint density at radius 3 is 2.60 bits per heavy atom. The Labute approximate surface area is 126 Å². The summed E-state index contributed by atoms with van der Waals surface area (Å²) >= 11 is 6.39. The van der Waals surface area contributed by atoms with Gasteiger partial charge in [-0.05, 0) is 39.0 Å². The number of ether oxygens (including phenoxy) is 1. The van der Waals surface area contributed by atoms with Gasteiger partial charge in [0.25, 0.3) is 0 Å². The Hall–Kier alpha value is -0.580. The molecule has 1 aromatic rings. The van der Waals surface area contributed by atoms with Gasteiger partial charge in [0.1, 0.15) is 0 Å². The van der Waals surface area contributed by atoms with Crippen LogP contribution < -0.4 is 0 Å². The molecule has 0 saturated heterocycles. The number of nitrogens with zero attached hydrogens (tertiary/aromatic N) is 2. The molecular weight excluding hydrogens is 276 g/mol. The number of aliphatic hydroxyl groups is 1. The van der Waals surface area contributed by atoms with Crippen LogP contribution >= 0.6 is 11.6 Å². The minimum absolute atomic E-state index is 0.0682. The van der Waals surface area contributed by atoms with Crippen LogP contribution in [0.5, 0.6) is 0 Å². The van der Waals surface area contributed by atoms with E-state index in [9.17, 15) is 5.11 Å². The van der Waals surface area contributed by atoms with E-state index in [1.165, 1.54) is 0 Å². The van der Waals surface area contributed by atoms with Crippen molar-refractivity contribution >= 4 is 11.6 Å². The number of hydrogen-bond donors (Lipinski definition) is 1. The number of aromatic nitrogens is 2. The third-order valence-electron chi connectivity index (χ3n) is 3.92. The van der Waals surface area contributed by atoms with Gasteiger partial charge in [-0.1, -0.05) is 18.5 Å². The van der Waals surface area contributed by atoms with Crippen LogP contribution in [0.3, 0.4) is 0 Å². The third kappa shape index (κ3) is 3.35. The zero-order valence-corrected chi connectivity index (χ0v) is 13.4. The highest BCUT2D eigenvalue weighted by Gasteiger charge is 2.37. The summed E-state index contributed by atoms with van der Waals surface area (Å²) in [7, 11) is 0. The second kappa shape index (κ2) is 6.92. The van der Waals surface area contributed by atoms with Crippen molar-refractivity contribution in [2.45, 2.75) is 65.2 Å². The molecule has 1 aliphatic carbocycles. The van der Waals surface area contributed by atoms with Crippen molar-refractivity contribution in [2.24, 2.45) is 5.92 Å². The van der Waals surface area contributed by atoms with Crippen molar-refractivity contribution < 1.29 is 9.84 Å². The molecule has 0 radical (unpaired) electrons. The highest BCUT2D eigenvalue weighted by molar-refractivity contribution is 6.31. The molecule has 0 spiro atoms. The molecule has 0 amide bonds. The van der Waals surface area contributed by atoms with Gasteiger partial charge in [0.15, 0.2) is 0 Å². The summed E-state index contributed by atoms with van der Waals surface area (Å²) in [5, 5.41) is 15.7. The van der Waals surface area contributed by atoms with Gasteiger partial charge in [-0.25, -0.2) is 0 Å². The van der Waals surface area contributed by atoms with Crippen molar-refractivity contribution in [2.75, 3.05) is 6.61 Å². The maximum Gasteiger partial charge on any atom is 0.0865 e. The molecule has 2 unspecified atom stereocenters. The highest BCUT2D eigenvalue weighted by Crippen LogP contribution is 2.37. The zero-order valence-electron chi connectivity index (χ0n) is 12.6. The van der Waals surface area contributed by atoms with Gasteiger partial charge in [0.05, 0.1) is 28.6 Å². The maximum absolute atomic E-state index is 10.5. The van der Waals surface area contributed by atoms with Crippen LogP contribution in [0.25, 0.3) is 0 Å². The summed E-state index contributed by atoms with van der Waals surface area (Å²) in [6, 6.07) is 0. The minimum Gasteiger partial charge on any atom is -0.390 e. The Kier molecular flexibility index (Phi) is 5.47. The zero-order chi connectivity index (χ0) is 14.7. The van der Waals surface area contributed by atoms with Gasteiger partial charge < -0.3 is 9.84 Å². The van der Waals surface area contributed by atoms with Gasteiger partial charge in [0, 0.05) is 19.6 Å². The van der Waals surface area contributed by atoms with Crippen LogP contribution in [0, 0.1) is 5.92 Å². The first-order chi connectivity index (χ1) is 9.62. The summed E-state index contributed by atoms with van der Waals surface area (Å²) in [5.74, 6) is 0.507. The van der Waals surface area contributed by atoms with E-state index >= 15 is 0 Å².